The highest BCUT2D eigenvalue weighted by Crippen LogP contribution is 2.35. The zero-order valence-corrected chi connectivity index (χ0v) is 15.6. The SMILES string of the molecule is O=C(Nc1ccc2c(c1)N(Cc1ccccc1)C(=O)CO2)c1ccccc1Cl. The summed E-state index contributed by atoms with van der Waals surface area (Å²) in [4.78, 5) is 26.7. The van der Waals surface area contributed by atoms with E-state index in [1.807, 2.05) is 30.3 Å². The molecular weight excluding hydrogens is 376 g/mol. The summed E-state index contributed by atoms with van der Waals surface area (Å²) >= 11 is 6.10. The van der Waals surface area contributed by atoms with Crippen LogP contribution >= 0.6 is 11.6 Å². The third kappa shape index (κ3) is 3.70. The third-order valence-electron chi connectivity index (χ3n) is 4.46. The van der Waals surface area contributed by atoms with Crippen LogP contribution < -0.4 is 15.0 Å². The summed E-state index contributed by atoms with van der Waals surface area (Å²) in [5.41, 5.74) is 2.57. The number of nitrogens with one attached hydrogen (secondary N) is 1. The lowest BCUT2D eigenvalue weighted by Crippen LogP contribution is -2.38. The van der Waals surface area contributed by atoms with Crippen LogP contribution in [0.1, 0.15) is 15.9 Å². The van der Waals surface area contributed by atoms with E-state index >= 15 is 0 Å². The van der Waals surface area contributed by atoms with Crippen LogP contribution in [0, 0.1) is 0 Å². The number of ether oxygens (including phenoxy) is 1. The van der Waals surface area contributed by atoms with E-state index in [4.69, 9.17) is 16.3 Å². The van der Waals surface area contributed by atoms with Gasteiger partial charge < -0.3 is 15.0 Å². The topological polar surface area (TPSA) is 58.6 Å². The molecule has 0 spiro atoms. The largest absolute Gasteiger partial charge is 0.482 e. The molecule has 5 nitrogen and oxygen atoms in total. The number of rotatable bonds is 4. The number of hydrogen-bond acceptors (Lipinski definition) is 3. The van der Waals surface area contributed by atoms with Crippen LogP contribution in [0.2, 0.25) is 5.02 Å². The maximum absolute atomic E-state index is 12.5. The Kier molecular flexibility index (Phi) is 5.00. The van der Waals surface area contributed by atoms with E-state index < -0.39 is 0 Å². The van der Waals surface area contributed by atoms with Crippen molar-refractivity contribution in [1.82, 2.24) is 0 Å². The second-order valence-corrected chi connectivity index (χ2v) is 6.78. The van der Waals surface area contributed by atoms with E-state index in [-0.39, 0.29) is 18.4 Å². The van der Waals surface area contributed by atoms with Crippen molar-refractivity contribution in [2.75, 3.05) is 16.8 Å². The average molecular weight is 393 g/mol. The summed E-state index contributed by atoms with van der Waals surface area (Å²) in [6, 6.07) is 21.8. The molecule has 0 aliphatic carbocycles. The van der Waals surface area contributed by atoms with Crippen molar-refractivity contribution in [2.45, 2.75) is 6.54 Å². The summed E-state index contributed by atoms with van der Waals surface area (Å²) in [6.45, 7) is 0.420. The number of carbonyl (C=O) groups is 2. The lowest BCUT2D eigenvalue weighted by Gasteiger charge is -2.30. The predicted octanol–water partition coefficient (Wildman–Crippen LogP) is 4.52. The molecule has 1 aliphatic rings. The fourth-order valence-corrected chi connectivity index (χ4v) is 3.28. The Labute approximate surface area is 167 Å². The van der Waals surface area contributed by atoms with E-state index in [1.165, 1.54) is 0 Å². The summed E-state index contributed by atoms with van der Waals surface area (Å²) in [5, 5.41) is 3.21. The molecule has 0 unspecified atom stereocenters. The molecule has 6 heteroatoms. The summed E-state index contributed by atoms with van der Waals surface area (Å²) in [7, 11) is 0. The first-order valence-corrected chi connectivity index (χ1v) is 9.16. The molecule has 3 aromatic carbocycles. The molecule has 4 rings (SSSR count). The first-order valence-electron chi connectivity index (χ1n) is 8.79. The highest BCUT2D eigenvalue weighted by atomic mass is 35.5. The smallest absolute Gasteiger partial charge is 0.265 e. The molecule has 0 saturated heterocycles. The van der Waals surface area contributed by atoms with Gasteiger partial charge in [-0.3, -0.25) is 9.59 Å². The third-order valence-corrected chi connectivity index (χ3v) is 4.79. The average Bonchev–Trinajstić information content (AvgIpc) is 2.71. The van der Waals surface area contributed by atoms with Gasteiger partial charge in [0, 0.05) is 5.69 Å². The van der Waals surface area contributed by atoms with Crippen LogP contribution in [0.4, 0.5) is 11.4 Å². The van der Waals surface area contributed by atoms with Crippen LogP contribution in [0.15, 0.2) is 72.8 Å². The van der Waals surface area contributed by atoms with Crippen molar-refractivity contribution in [3.8, 4) is 5.75 Å². The van der Waals surface area contributed by atoms with Gasteiger partial charge in [0.1, 0.15) is 5.75 Å². The lowest BCUT2D eigenvalue weighted by molar-refractivity contribution is -0.121. The number of nitrogens with zero attached hydrogens (tertiary/aromatic N) is 1. The van der Waals surface area contributed by atoms with Crippen molar-refractivity contribution in [2.24, 2.45) is 0 Å². The highest BCUT2D eigenvalue weighted by Gasteiger charge is 2.26. The minimum Gasteiger partial charge on any atom is -0.482 e. The monoisotopic (exact) mass is 392 g/mol. The molecule has 0 aromatic heterocycles. The normalized spacial score (nSPS) is 12.9. The number of halogens is 1. The fraction of sp³-hybridized carbons (Fsp3) is 0.0909. The van der Waals surface area contributed by atoms with Crippen molar-refractivity contribution < 1.29 is 14.3 Å². The van der Waals surface area contributed by atoms with Crippen molar-refractivity contribution in [3.63, 3.8) is 0 Å². The predicted molar refractivity (Wildman–Crippen MR) is 109 cm³/mol. The Morgan fingerprint density at radius 2 is 1.79 bits per heavy atom. The molecule has 0 radical (unpaired) electrons. The molecular formula is C22H17ClN2O3. The molecule has 1 aliphatic heterocycles. The first kappa shape index (κ1) is 18.1. The Morgan fingerprint density at radius 3 is 2.57 bits per heavy atom. The van der Waals surface area contributed by atoms with E-state index in [0.717, 1.165) is 5.56 Å². The summed E-state index contributed by atoms with van der Waals surface area (Å²) < 4.78 is 5.54. The molecule has 3 aromatic rings. The van der Waals surface area contributed by atoms with Crippen molar-refractivity contribution in [3.05, 3.63) is 88.9 Å². The molecule has 0 bridgehead atoms. The molecule has 0 saturated carbocycles. The van der Waals surface area contributed by atoms with E-state index in [2.05, 4.69) is 5.32 Å². The van der Waals surface area contributed by atoms with Crippen molar-refractivity contribution >= 4 is 34.8 Å². The molecule has 0 atom stereocenters. The quantitative estimate of drug-likeness (QED) is 0.710. The van der Waals surface area contributed by atoms with Gasteiger partial charge in [-0.05, 0) is 35.9 Å². The fourth-order valence-electron chi connectivity index (χ4n) is 3.06. The summed E-state index contributed by atoms with van der Waals surface area (Å²) in [6.07, 6.45) is 0. The number of amides is 2. The van der Waals surface area contributed by atoms with Gasteiger partial charge in [-0.15, -0.1) is 0 Å². The molecule has 0 fully saturated rings. The van der Waals surface area contributed by atoms with Crippen LogP contribution in [0.3, 0.4) is 0 Å². The van der Waals surface area contributed by atoms with Gasteiger partial charge >= 0.3 is 0 Å². The molecule has 2 amide bonds. The maximum Gasteiger partial charge on any atom is 0.265 e. The van der Waals surface area contributed by atoms with E-state index in [0.29, 0.717) is 34.3 Å². The Balaban J connectivity index is 1.61. The van der Waals surface area contributed by atoms with Gasteiger partial charge in [-0.25, -0.2) is 0 Å². The van der Waals surface area contributed by atoms with E-state index in [9.17, 15) is 9.59 Å². The van der Waals surface area contributed by atoms with Gasteiger partial charge in [0.05, 0.1) is 22.8 Å². The molecule has 140 valence electrons. The van der Waals surface area contributed by atoms with Gasteiger partial charge in [0.2, 0.25) is 0 Å². The van der Waals surface area contributed by atoms with Gasteiger partial charge in [0.15, 0.2) is 6.61 Å². The number of anilines is 2. The number of benzene rings is 3. The first-order chi connectivity index (χ1) is 13.6. The lowest BCUT2D eigenvalue weighted by atomic mass is 10.1. The number of fused-ring (bicyclic) bond motifs is 1. The van der Waals surface area contributed by atoms with Gasteiger partial charge in [0.25, 0.3) is 11.8 Å². The molecule has 1 N–H and O–H groups in total. The maximum atomic E-state index is 12.5. The molecule has 1 heterocycles. The second kappa shape index (κ2) is 7.74. The summed E-state index contributed by atoms with van der Waals surface area (Å²) in [5.74, 6) is 0.153. The van der Waals surface area contributed by atoms with E-state index in [1.54, 1.807) is 47.4 Å². The molecule has 28 heavy (non-hydrogen) atoms. The second-order valence-electron chi connectivity index (χ2n) is 6.37. The van der Waals surface area contributed by atoms with Crippen LogP contribution in [0.25, 0.3) is 0 Å². The number of carbonyl (C=O) groups excluding carboxylic acids is 2. The zero-order valence-electron chi connectivity index (χ0n) is 14.9. The Hall–Kier alpha value is -3.31. The van der Waals surface area contributed by atoms with Gasteiger partial charge in [-0.2, -0.15) is 0 Å². The minimum absolute atomic E-state index is 0.00877. The number of hydrogen-bond donors (Lipinski definition) is 1. The Morgan fingerprint density at radius 1 is 1.04 bits per heavy atom. The standard InChI is InChI=1S/C22H17ClN2O3/c23-18-9-5-4-8-17(18)22(27)24-16-10-11-20-19(12-16)25(21(26)14-28-20)13-15-6-2-1-3-7-15/h1-12H,13-14H2,(H,24,27). The minimum atomic E-state index is -0.316. The van der Waals surface area contributed by atoms with Crippen LogP contribution in [-0.4, -0.2) is 18.4 Å². The van der Waals surface area contributed by atoms with Crippen molar-refractivity contribution in [1.29, 1.82) is 0 Å². The Bertz CT molecular complexity index is 1040. The van der Waals surface area contributed by atoms with Crippen LogP contribution in [-0.2, 0) is 11.3 Å². The van der Waals surface area contributed by atoms with Crippen LogP contribution in [0.5, 0.6) is 5.75 Å². The zero-order chi connectivity index (χ0) is 19.5. The van der Waals surface area contributed by atoms with Gasteiger partial charge in [-0.1, -0.05) is 54.1 Å². The highest BCUT2D eigenvalue weighted by molar-refractivity contribution is 6.34.